The standard InChI is InChI=1S/C17H25N3O5S/c1-11(14(22)19-16(24)20-17(2,3)4)25-13(21)6-5-8-18-15(23)12-7-9-26-10-12/h7,9-11H,5-6,8H2,1-4H3,(H,18,23)(H2,19,20,22,24). The highest BCUT2D eigenvalue weighted by Crippen LogP contribution is 2.05. The van der Waals surface area contributed by atoms with Gasteiger partial charge in [0.1, 0.15) is 0 Å². The molecule has 0 fully saturated rings. The average Bonchev–Trinajstić information content (AvgIpc) is 3.03. The first-order valence-corrected chi connectivity index (χ1v) is 9.15. The zero-order valence-corrected chi connectivity index (χ0v) is 16.2. The van der Waals surface area contributed by atoms with Crippen molar-refractivity contribution in [2.45, 2.75) is 52.2 Å². The first-order chi connectivity index (χ1) is 12.1. The van der Waals surface area contributed by atoms with Gasteiger partial charge in [0.15, 0.2) is 6.10 Å². The molecule has 1 aromatic heterocycles. The monoisotopic (exact) mass is 383 g/mol. The Labute approximate surface area is 156 Å². The number of esters is 1. The average molecular weight is 383 g/mol. The Kier molecular flexibility index (Phi) is 8.24. The van der Waals surface area contributed by atoms with Crippen molar-refractivity contribution in [3.05, 3.63) is 22.4 Å². The molecule has 0 bridgehead atoms. The molecule has 144 valence electrons. The van der Waals surface area contributed by atoms with E-state index in [1.807, 2.05) is 0 Å². The smallest absolute Gasteiger partial charge is 0.321 e. The van der Waals surface area contributed by atoms with E-state index in [9.17, 15) is 19.2 Å². The van der Waals surface area contributed by atoms with Crippen LogP contribution in [0.15, 0.2) is 16.8 Å². The molecule has 0 aliphatic rings. The van der Waals surface area contributed by atoms with Gasteiger partial charge in [0.25, 0.3) is 11.8 Å². The number of urea groups is 1. The van der Waals surface area contributed by atoms with Crippen LogP contribution in [0.2, 0.25) is 0 Å². The Balaban J connectivity index is 2.24. The van der Waals surface area contributed by atoms with Gasteiger partial charge in [-0.1, -0.05) is 0 Å². The number of rotatable bonds is 7. The van der Waals surface area contributed by atoms with E-state index in [-0.39, 0.29) is 12.3 Å². The van der Waals surface area contributed by atoms with Crippen LogP contribution in [0.1, 0.15) is 50.9 Å². The fourth-order valence-electron chi connectivity index (χ4n) is 1.83. The Morgan fingerprint density at radius 2 is 1.92 bits per heavy atom. The molecule has 0 aliphatic carbocycles. The number of carbonyl (C=O) groups is 4. The Morgan fingerprint density at radius 3 is 2.50 bits per heavy atom. The van der Waals surface area contributed by atoms with Gasteiger partial charge in [0, 0.05) is 29.4 Å². The summed E-state index contributed by atoms with van der Waals surface area (Å²) in [6, 6.07) is 1.06. The fraction of sp³-hybridized carbons (Fsp3) is 0.529. The maximum atomic E-state index is 11.8. The van der Waals surface area contributed by atoms with Gasteiger partial charge in [-0.3, -0.25) is 19.7 Å². The predicted octanol–water partition coefficient (Wildman–Crippen LogP) is 1.81. The van der Waals surface area contributed by atoms with Crippen molar-refractivity contribution in [3.8, 4) is 0 Å². The molecule has 9 heteroatoms. The summed E-state index contributed by atoms with van der Waals surface area (Å²) in [6.07, 6.45) is -0.655. The SMILES string of the molecule is CC(OC(=O)CCCNC(=O)c1ccsc1)C(=O)NC(=O)NC(C)(C)C. The number of nitrogens with one attached hydrogen (secondary N) is 3. The molecular formula is C17H25N3O5S. The number of amides is 4. The molecule has 1 atom stereocenters. The summed E-state index contributed by atoms with van der Waals surface area (Å²) in [4.78, 5) is 46.9. The van der Waals surface area contributed by atoms with E-state index in [1.54, 1.807) is 37.6 Å². The van der Waals surface area contributed by atoms with Crippen molar-refractivity contribution in [1.29, 1.82) is 0 Å². The molecule has 1 aromatic rings. The number of hydrogen-bond donors (Lipinski definition) is 3. The lowest BCUT2D eigenvalue weighted by Gasteiger charge is -2.21. The topological polar surface area (TPSA) is 114 Å². The van der Waals surface area contributed by atoms with Crippen LogP contribution < -0.4 is 16.0 Å². The number of carbonyl (C=O) groups excluding carboxylic acids is 4. The van der Waals surface area contributed by atoms with E-state index in [2.05, 4.69) is 16.0 Å². The van der Waals surface area contributed by atoms with Gasteiger partial charge < -0.3 is 15.4 Å². The molecular weight excluding hydrogens is 358 g/mol. The second-order valence-corrected chi connectivity index (χ2v) is 7.48. The molecule has 26 heavy (non-hydrogen) atoms. The van der Waals surface area contributed by atoms with Crippen molar-refractivity contribution in [2.24, 2.45) is 0 Å². The van der Waals surface area contributed by atoms with E-state index in [4.69, 9.17) is 4.74 Å². The molecule has 0 aromatic carbocycles. The maximum absolute atomic E-state index is 11.8. The van der Waals surface area contributed by atoms with Gasteiger partial charge in [-0.05, 0) is 45.6 Å². The number of hydrogen-bond acceptors (Lipinski definition) is 6. The number of thiophene rings is 1. The van der Waals surface area contributed by atoms with Gasteiger partial charge in [-0.2, -0.15) is 11.3 Å². The van der Waals surface area contributed by atoms with Gasteiger partial charge in [-0.25, -0.2) is 4.79 Å². The first-order valence-electron chi connectivity index (χ1n) is 8.21. The molecule has 8 nitrogen and oxygen atoms in total. The molecule has 0 saturated heterocycles. The molecule has 4 amide bonds. The minimum atomic E-state index is -1.09. The van der Waals surface area contributed by atoms with Crippen molar-refractivity contribution in [3.63, 3.8) is 0 Å². The lowest BCUT2D eigenvalue weighted by molar-refractivity contribution is -0.154. The minimum Gasteiger partial charge on any atom is -0.453 e. The molecule has 0 aliphatic heterocycles. The van der Waals surface area contributed by atoms with Crippen molar-refractivity contribution in [1.82, 2.24) is 16.0 Å². The lowest BCUT2D eigenvalue weighted by Crippen LogP contribution is -2.50. The summed E-state index contributed by atoms with van der Waals surface area (Å²) in [5, 5.41) is 10.9. The van der Waals surface area contributed by atoms with E-state index in [0.717, 1.165) is 0 Å². The van der Waals surface area contributed by atoms with Crippen LogP contribution in [0.25, 0.3) is 0 Å². The molecule has 1 rings (SSSR count). The van der Waals surface area contributed by atoms with Crippen LogP contribution in [0, 0.1) is 0 Å². The van der Waals surface area contributed by atoms with Gasteiger partial charge >= 0.3 is 12.0 Å². The van der Waals surface area contributed by atoms with Gasteiger partial charge in [0.05, 0.1) is 0 Å². The van der Waals surface area contributed by atoms with E-state index in [0.29, 0.717) is 18.5 Å². The Morgan fingerprint density at radius 1 is 1.23 bits per heavy atom. The molecule has 1 unspecified atom stereocenters. The highest BCUT2D eigenvalue weighted by atomic mass is 32.1. The third-order valence-corrected chi connectivity index (χ3v) is 3.71. The first kappa shape index (κ1) is 21.6. The van der Waals surface area contributed by atoms with Gasteiger partial charge in [0.2, 0.25) is 0 Å². The van der Waals surface area contributed by atoms with Crippen molar-refractivity contribution < 1.29 is 23.9 Å². The third kappa shape index (κ3) is 8.61. The zero-order chi connectivity index (χ0) is 19.7. The normalized spacial score (nSPS) is 12.0. The van der Waals surface area contributed by atoms with Crippen molar-refractivity contribution in [2.75, 3.05) is 6.54 Å². The summed E-state index contributed by atoms with van der Waals surface area (Å²) >= 11 is 1.43. The summed E-state index contributed by atoms with van der Waals surface area (Å²) < 4.78 is 4.98. The molecule has 1 heterocycles. The highest BCUT2D eigenvalue weighted by molar-refractivity contribution is 7.08. The molecule has 0 spiro atoms. The second-order valence-electron chi connectivity index (χ2n) is 6.70. The van der Waals surface area contributed by atoms with E-state index < -0.39 is 29.6 Å². The van der Waals surface area contributed by atoms with Crippen LogP contribution in [-0.2, 0) is 14.3 Å². The van der Waals surface area contributed by atoms with Crippen molar-refractivity contribution >= 4 is 35.2 Å². The zero-order valence-electron chi connectivity index (χ0n) is 15.4. The fourth-order valence-corrected chi connectivity index (χ4v) is 2.46. The highest BCUT2D eigenvalue weighted by Gasteiger charge is 2.21. The summed E-state index contributed by atoms with van der Waals surface area (Å²) in [6.45, 7) is 7.03. The molecule has 0 saturated carbocycles. The third-order valence-electron chi connectivity index (χ3n) is 3.03. The maximum Gasteiger partial charge on any atom is 0.321 e. The Hall–Kier alpha value is -2.42. The van der Waals surface area contributed by atoms with Crippen LogP contribution in [0.4, 0.5) is 4.79 Å². The summed E-state index contributed by atoms with van der Waals surface area (Å²) in [7, 11) is 0. The summed E-state index contributed by atoms with van der Waals surface area (Å²) in [5.74, 6) is -1.48. The minimum absolute atomic E-state index is 0.0513. The van der Waals surface area contributed by atoms with Gasteiger partial charge in [-0.15, -0.1) is 0 Å². The summed E-state index contributed by atoms with van der Waals surface area (Å²) in [5.41, 5.74) is 0.0916. The number of ether oxygens (including phenoxy) is 1. The predicted molar refractivity (Wildman–Crippen MR) is 97.9 cm³/mol. The largest absolute Gasteiger partial charge is 0.453 e. The van der Waals surface area contributed by atoms with E-state index in [1.165, 1.54) is 18.3 Å². The molecule has 0 radical (unpaired) electrons. The van der Waals surface area contributed by atoms with Crippen LogP contribution >= 0.6 is 11.3 Å². The van der Waals surface area contributed by atoms with Crippen LogP contribution in [0.3, 0.4) is 0 Å². The number of imide groups is 1. The molecule has 3 N–H and O–H groups in total. The second kappa shape index (κ2) is 9.91. The van der Waals surface area contributed by atoms with Crippen LogP contribution in [0.5, 0.6) is 0 Å². The quantitative estimate of drug-likeness (QED) is 0.491. The van der Waals surface area contributed by atoms with E-state index >= 15 is 0 Å². The van der Waals surface area contributed by atoms with Crippen LogP contribution in [-0.4, -0.2) is 42.0 Å². The lowest BCUT2D eigenvalue weighted by atomic mass is 10.1. The Bertz CT molecular complexity index is 637.